The molecule has 6 heteroatoms. The fraction of sp³-hybridized carbons (Fsp3) is 0.273. The monoisotopic (exact) mass is 379 g/mol. The molecule has 0 aliphatic carbocycles. The highest BCUT2D eigenvalue weighted by atomic mass is 16.5. The zero-order valence-electron chi connectivity index (χ0n) is 16.2. The van der Waals surface area contributed by atoms with Crippen molar-refractivity contribution in [2.75, 3.05) is 19.0 Å². The number of anilines is 1. The number of fused-ring (bicyclic) bond motifs is 1. The average molecular weight is 379 g/mol. The lowest BCUT2D eigenvalue weighted by Crippen LogP contribution is -2.25. The van der Waals surface area contributed by atoms with Gasteiger partial charge in [-0.2, -0.15) is 0 Å². The van der Waals surface area contributed by atoms with E-state index in [1.807, 2.05) is 31.3 Å². The summed E-state index contributed by atoms with van der Waals surface area (Å²) in [6, 6.07) is 12.8. The van der Waals surface area contributed by atoms with Crippen molar-refractivity contribution >= 4 is 28.4 Å². The highest BCUT2D eigenvalue weighted by Gasteiger charge is 2.08. The summed E-state index contributed by atoms with van der Waals surface area (Å²) in [4.78, 5) is 27.2. The fourth-order valence-corrected chi connectivity index (χ4v) is 3.06. The van der Waals surface area contributed by atoms with Gasteiger partial charge in [0.15, 0.2) is 0 Å². The van der Waals surface area contributed by atoms with E-state index < -0.39 is 0 Å². The predicted octanol–water partition coefficient (Wildman–Crippen LogP) is 3.89. The van der Waals surface area contributed by atoms with Crippen LogP contribution in [0, 0.1) is 0 Å². The number of H-pyrrole nitrogens is 1. The lowest BCUT2D eigenvalue weighted by atomic mass is 10.1. The maximum Gasteiger partial charge on any atom is 0.251 e. The predicted molar refractivity (Wildman–Crippen MR) is 111 cm³/mol. The molecule has 3 aromatic rings. The van der Waals surface area contributed by atoms with Crippen LogP contribution >= 0.6 is 0 Å². The van der Waals surface area contributed by atoms with Crippen molar-refractivity contribution in [1.29, 1.82) is 0 Å². The Morgan fingerprint density at radius 2 is 1.89 bits per heavy atom. The van der Waals surface area contributed by atoms with Crippen LogP contribution in [0.1, 0.15) is 35.7 Å². The molecule has 3 N–H and O–H groups in total. The Hall–Kier alpha value is -3.28. The quantitative estimate of drug-likeness (QED) is 0.555. The van der Waals surface area contributed by atoms with Crippen LogP contribution in [-0.2, 0) is 11.2 Å². The van der Waals surface area contributed by atoms with E-state index >= 15 is 0 Å². The molecule has 0 fully saturated rings. The second-order valence-electron chi connectivity index (χ2n) is 6.61. The Morgan fingerprint density at radius 3 is 2.61 bits per heavy atom. The van der Waals surface area contributed by atoms with E-state index in [0.29, 0.717) is 30.6 Å². The van der Waals surface area contributed by atoms with Gasteiger partial charge in [-0.25, -0.2) is 0 Å². The molecule has 3 rings (SSSR count). The van der Waals surface area contributed by atoms with Crippen molar-refractivity contribution in [3.8, 4) is 5.75 Å². The molecule has 0 spiro atoms. The highest BCUT2D eigenvalue weighted by Crippen LogP contribution is 2.23. The number of hydrogen-bond acceptors (Lipinski definition) is 3. The molecular formula is C22H25N3O3. The van der Waals surface area contributed by atoms with Gasteiger partial charge >= 0.3 is 0 Å². The second kappa shape index (κ2) is 9.08. The first-order valence-corrected chi connectivity index (χ1v) is 9.43. The lowest BCUT2D eigenvalue weighted by molar-refractivity contribution is -0.116. The van der Waals surface area contributed by atoms with Crippen LogP contribution in [0.2, 0.25) is 0 Å². The Balaban J connectivity index is 1.55. The van der Waals surface area contributed by atoms with Gasteiger partial charge in [0.05, 0.1) is 7.11 Å². The van der Waals surface area contributed by atoms with Gasteiger partial charge < -0.3 is 20.4 Å². The van der Waals surface area contributed by atoms with E-state index in [4.69, 9.17) is 4.74 Å². The van der Waals surface area contributed by atoms with Gasteiger partial charge in [-0.15, -0.1) is 0 Å². The van der Waals surface area contributed by atoms with E-state index in [9.17, 15) is 9.59 Å². The zero-order chi connectivity index (χ0) is 19.9. The molecule has 0 saturated heterocycles. The number of aromatic nitrogens is 1. The summed E-state index contributed by atoms with van der Waals surface area (Å²) < 4.78 is 5.28. The first-order chi connectivity index (χ1) is 13.6. The summed E-state index contributed by atoms with van der Waals surface area (Å²) in [6.45, 7) is 2.48. The van der Waals surface area contributed by atoms with Crippen molar-refractivity contribution in [2.45, 2.75) is 26.2 Å². The third-order valence-corrected chi connectivity index (χ3v) is 4.56. The number of amides is 2. The fourth-order valence-electron chi connectivity index (χ4n) is 3.06. The molecular weight excluding hydrogens is 354 g/mol. The molecule has 0 aliphatic heterocycles. The normalized spacial score (nSPS) is 10.6. The van der Waals surface area contributed by atoms with Gasteiger partial charge in [0.1, 0.15) is 5.75 Å². The van der Waals surface area contributed by atoms with Crippen molar-refractivity contribution < 1.29 is 14.3 Å². The average Bonchev–Trinajstić information content (AvgIpc) is 3.10. The number of nitrogens with one attached hydrogen (secondary N) is 3. The Kier molecular flexibility index (Phi) is 6.32. The summed E-state index contributed by atoms with van der Waals surface area (Å²) in [5, 5.41) is 6.85. The Bertz CT molecular complexity index is 961. The number of carbonyl (C=O) groups is 2. The van der Waals surface area contributed by atoms with Crippen molar-refractivity contribution in [3.05, 3.63) is 59.8 Å². The summed E-state index contributed by atoms with van der Waals surface area (Å²) >= 11 is 0. The van der Waals surface area contributed by atoms with E-state index in [2.05, 4.69) is 15.6 Å². The molecule has 1 heterocycles. The molecule has 2 aromatic carbocycles. The van der Waals surface area contributed by atoms with Crippen molar-refractivity contribution in [3.63, 3.8) is 0 Å². The zero-order valence-corrected chi connectivity index (χ0v) is 16.2. The minimum Gasteiger partial charge on any atom is -0.497 e. The summed E-state index contributed by atoms with van der Waals surface area (Å²) in [7, 11) is 1.65. The van der Waals surface area contributed by atoms with E-state index in [0.717, 1.165) is 28.6 Å². The maximum absolute atomic E-state index is 12.3. The number of ether oxygens (including phenoxy) is 1. The van der Waals surface area contributed by atoms with Crippen molar-refractivity contribution in [2.24, 2.45) is 0 Å². The summed E-state index contributed by atoms with van der Waals surface area (Å²) in [5.74, 6) is 0.655. The minimum absolute atomic E-state index is 0.0185. The first kappa shape index (κ1) is 19.5. The largest absolute Gasteiger partial charge is 0.497 e. The third kappa shape index (κ3) is 4.71. The molecule has 0 saturated carbocycles. The van der Waals surface area contributed by atoms with E-state index in [-0.39, 0.29) is 11.8 Å². The second-order valence-corrected chi connectivity index (χ2v) is 6.61. The molecule has 0 radical (unpaired) electrons. The number of rotatable bonds is 8. The van der Waals surface area contributed by atoms with Crippen LogP contribution in [-0.4, -0.2) is 30.5 Å². The van der Waals surface area contributed by atoms with Crippen LogP contribution < -0.4 is 15.4 Å². The van der Waals surface area contributed by atoms with Gasteiger partial charge in [0.2, 0.25) is 5.91 Å². The molecule has 28 heavy (non-hydrogen) atoms. The van der Waals surface area contributed by atoms with Gasteiger partial charge in [-0.05, 0) is 60.9 Å². The third-order valence-electron chi connectivity index (χ3n) is 4.56. The number of methoxy groups -OCH3 is 1. The molecule has 2 amide bonds. The van der Waals surface area contributed by atoms with Gasteiger partial charge in [-0.1, -0.05) is 6.92 Å². The molecule has 1 aromatic heterocycles. The number of benzene rings is 2. The van der Waals surface area contributed by atoms with Crippen LogP contribution in [0.15, 0.2) is 48.7 Å². The number of aromatic amines is 1. The Morgan fingerprint density at radius 1 is 1.11 bits per heavy atom. The smallest absolute Gasteiger partial charge is 0.251 e. The Labute approximate surface area is 164 Å². The van der Waals surface area contributed by atoms with Crippen LogP contribution in [0.25, 0.3) is 10.9 Å². The molecule has 0 bridgehead atoms. The summed E-state index contributed by atoms with van der Waals surface area (Å²) in [5.41, 5.74) is 3.43. The number of carbonyl (C=O) groups excluding carboxylic acids is 2. The van der Waals surface area contributed by atoms with E-state index in [1.165, 1.54) is 0 Å². The molecule has 146 valence electrons. The maximum atomic E-state index is 12.3. The van der Waals surface area contributed by atoms with Crippen LogP contribution in [0.3, 0.4) is 0 Å². The standard InChI is InChI=1S/C22H25N3O3/c1-3-4-21(26)25-17-7-5-15(6-8-17)22(27)23-12-11-16-14-24-20-10-9-18(28-2)13-19(16)20/h5-10,13-14,24H,3-4,11-12H2,1-2H3,(H,23,27)(H,25,26). The molecule has 0 unspecified atom stereocenters. The lowest BCUT2D eigenvalue weighted by Gasteiger charge is -2.07. The van der Waals surface area contributed by atoms with Crippen LogP contribution in [0.5, 0.6) is 5.75 Å². The van der Waals surface area contributed by atoms with E-state index in [1.54, 1.807) is 31.4 Å². The topological polar surface area (TPSA) is 83.2 Å². The molecule has 0 atom stereocenters. The SMILES string of the molecule is CCCC(=O)Nc1ccc(C(=O)NCCc2c[nH]c3ccc(OC)cc23)cc1. The highest BCUT2D eigenvalue weighted by molar-refractivity contribution is 5.95. The first-order valence-electron chi connectivity index (χ1n) is 9.43. The van der Waals surface area contributed by atoms with Gasteiger partial charge in [-0.3, -0.25) is 9.59 Å². The molecule has 6 nitrogen and oxygen atoms in total. The van der Waals surface area contributed by atoms with Crippen molar-refractivity contribution in [1.82, 2.24) is 10.3 Å². The molecule has 0 aliphatic rings. The van der Waals surface area contributed by atoms with Crippen LogP contribution in [0.4, 0.5) is 5.69 Å². The number of hydrogen-bond donors (Lipinski definition) is 3. The minimum atomic E-state index is -0.135. The summed E-state index contributed by atoms with van der Waals surface area (Å²) in [6.07, 6.45) is 3.96. The van der Waals surface area contributed by atoms with Gasteiger partial charge in [0.25, 0.3) is 5.91 Å². The van der Waals surface area contributed by atoms with Gasteiger partial charge in [0, 0.05) is 41.3 Å².